The van der Waals surface area contributed by atoms with Crippen LogP contribution in [0.1, 0.15) is 31.9 Å². The highest BCUT2D eigenvalue weighted by molar-refractivity contribution is 5.72. The van der Waals surface area contributed by atoms with Crippen LogP contribution in [0.15, 0.2) is 30.3 Å². The van der Waals surface area contributed by atoms with Gasteiger partial charge in [-0.2, -0.15) is 0 Å². The van der Waals surface area contributed by atoms with Crippen LogP contribution in [0.25, 0.3) is 0 Å². The Morgan fingerprint density at radius 1 is 1.36 bits per heavy atom. The SMILES string of the molecule is CCC(NNC(C)=O)c1ccccc1. The number of amides is 1. The van der Waals surface area contributed by atoms with E-state index in [1.165, 1.54) is 12.5 Å². The van der Waals surface area contributed by atoms with Crippen molar-refractivity contribution in [1.29, 1.82) is 0 Å². The van der Waals surface area contributed by atoms with Crippen molar-refractivity contribution in [3.05, 3.63) is 35.9 Å². The molecule has 0 fully saturated rings. The number of hydrazine groups is 1. The zero-order chi connectivity index (χ0) is 10.4. The van der Waals surface area contributed by atoms with Gasteiger partial charge in [-0.3, -0.25) is 10.2 Å². The van der Waals surface area contributed by atoms with Gasteiger partial charge in [0.25, 0.3) is 0 Å². The van der Waals surface area contributed by atoms with Crippen LogP contribution in [0.3, 0.4) is 0 Å². The molecule has 1 aromatic carbocycles. The molecule has 2 N–H and O–H groups in total. The molecule has 0 heterocycles. The predicted octanol–water partition coefficient (Wildman–Crippen LogP) is 1.78. The topological polar surface area (TPSA) is 41.1 Å². The van der Waals surface area contributed by atoms with Gasteiger partial charge in [0, 0.05) is 6.92 Å². The van der Waals surface area contributed by atoms with E-state index in [1.807, 2.05) is 30.3 Å². The highest BCUT2D eigenvalue weighted by Gasteiger charge is 2.07. The first-order chi connectivity index (χ1) is 6.74. The predicted molar refractivity (Wildman–Crippen MR) is 56.4 cm³/mol. The second kappa shape index (κ2) is 5.40. The molecule has 0 aromatic heterocycles. The summed E-state index contributed by atoms with van der Waals surface area (Å²) < 4.78 is 0. The fraction of sp³-hybridized carbons (Fsp3) is 0.364. The Balaban J connectivity index is 2.58. The summed E-state index contributed by atoms with van der Waals surface area (Å²) in [6.07, 6.45) is 0.935. The van der Waals surface area contributed by atoms with Gasteiger partial charge in [0.1, 0.15) is 0 Å². The fourth-order valence-electron chi connectivity index (χ4n) is 1.30. The number of hydrogen-bond donors (Lipinski definition) is 2. The van der Waals surface area contributed by atoms with Crippen LogP contribution >= 0.6 is 0 Å². The van der Waals surface area contributed by atoms with Gasteiger partial charge in [0.15, 0.2) is 0 Å². The van der Waals surface area contributed by atoms with Crippen LogP contribution in [0.4, 0.5) is 0 Å². The summed E-state index contributed by atoms with van der Waals surface area (Å²) in [6.45, 7) is 3.57. The molecule has 0 aliphatic heterocycles. The van der Waals surface area contributed by atoms with E-state index in [1.54, 1.807) is 0 Å². The molecule has 0 saturated carbocycles. The fourth-order valence-corrected chi connectivity index (χ4v) is 1.30. The minimum Gasteiger partial charge on any atom is -0.291 e. The second-order valence-corrected chi connectivity index (χ2v) is 3.20. The van der Waals surface area contributed by atoms with Gasteiger partial charge >= 0.3 is 0 Å². The standard InChI is InChI=1S/C11H16N2O/c1-3-11(13-12-9(2)14)10-7-5-4-6-8-10/h4-8,11,13H,3H2,1-2H3,(H,12,14). The van der Waals surface area contributed by atoms with Gasteiger partial charge in [0.2, 0.25) is 5.91 Å². The third-order valence-corrected chi connectivity index (χ3v) is 2.03. The van der Waals surface area contributed by atoms with E-state index in [9.17, 15) is 4.79 Å². The van der Waals surface area contributed by atoms with Crippen LogP contribution < -0.4 is 10.9 Å². The lowest BCUT2D eigenvalue weighted by molar-refractivity contribution is -0.120. The molecule has 0 aliphatic rings. The summed E-state index contributed by atoms with van der Waals surface area (Å²) in [5.74, 6) is -0.0700. The quantitative estimate of drug-likeness (QED) is 0.714. The number of rotatable bonds is 4. The number of carbonyl (C=O) groups is 1. The molecule has 3 nitrogen and oxygen atoms in total. The van der Waals surface area contributed by atoms with Crippen LogP contribution in [0.2, 0.25) is 0 Å². The first kappa shape index (κ1) is 10.7. The van der Waals surface area contributed by atoms with E-state index in [0.29, 0.717) is 0 Å². The van der Waals surface area contributed by atoms with Crippen molar-refractivity contribution in [1.82, 2.24) is 10.9 Å². The van der Waals surface area contributed by atoms with E-state index in [2.05, 4.69) is 17.8 Å². The molecular weight excluding hydrogens is 176 g/mol. The zero-order valence-electron chi connectivity index (χ0n) is 8.58. The molecule has 3 heteroatoms. The number of benzene rings is 1. The molecule has 76 valence electrons. The van der Waals surface area contributed by atoms with Crippen LogP contribution in [0.5, 0.6) is 0 Å². The second-order valence-electron chi connectivity index (χ2n) is 3.20. The maximum atomic E-state index is 10.7. The van der Waals surface area contributed by atoms with Crippen molar-refractivity contribution in [2.24, 2.45) is 0 Å². The molecule has 0 radical (unpaired) electrons. The third kappa shape index (κ3) is 3.18. The normalized spacial score (nSPS) is 12.1. The van der Waals surface area contributed by atoms with E-state index in [0.717, 1.165) is 6.42 Å². The lowest BCUT2D eigenvalue weighted by Gasteiger charge is -2.17. The monoisotopic (exact) mass is 192 g/mol. The van der Waals surface area contributed by atoms with E-state index >= 15 is 0 Å². The Bertz CT molecular complexity index is 285. The molecule has 0 saturated heterocycles. The largest absolute Gasteiger partial charge is 0.291 e. The van der Waals surface area contributed by atoms with Crippen LogP contribution in [0, 0.1) is 0 Å². The van der Waals surface area contributed by atoms with Crippen molar-refractivity contribution in [2.75, 3.05) is 0 Å². The van der Waals surface area contributed by atoms with E-state index < -0.39 is 0 Å². The Morgan fingerprint density at radius 2 is 2.00 bits per heavy atom. The summed E-state index contributed by atoms with van der Waals surface area (Å²) in [5, 5.41) is 0. The van der Waals surface area contributed by atoms with Crippen molar-refractivity contribution < 1.29 is 4.79 Å². The smallest absolute Gasteiger partial charge is 0.230 e. The van der Waals surface area contributed by atoms with Crippen molar-refractivity contribution >= 4 is 5.91 Å². The average molecular weight is 192 g/mol. The Morgan fingerprint density at radius 3 is 2.50 bits per heavy atom. The van der Waals surface area contributed by atoms with Gasteiger partial charge in [-0.25, -0.2) is 5.43 Å². The van der Waals surface area contributed by atoms with Gasteiger partial charge in [-0.1, -0.05) is 37.3 Å². The molecule has 1 unspecified atom stereocenters. The molecule has 1 amide bonds. The Kier molecular flexibility index (Phi) is 4.13. The number of hydrogen-bond acceptors (Lipinski definition) is 2. The highest BCUT2D eigenvalue weighted by Crippen LogP contribution is 2.14. The van der Waals surface area contributed by atoms with Gasteiger partial charge in [-0.05, 0) is 12.0 Å². The molecule has 0 aliphatic carbocycles. The molecule has 1 rings (SSSR count). The van der Waals surface area contributed by atoms with E-state index in [4.69, 9.17) is 0 Å². The molecule has 0 bridgehead atoms. The summed E-state index contributed by atoms with van der Waals surface area (Å²) in [4.78, 5) is 10.7. The van der Waals surface area contributed by atoms with Gasteiger partial charge < -0.3 is 0 Å². The molecule has 0 spiro atoms. The van der Waals surface area contributed by atoms with Crippen molar-refractivity contribution in [2.45, 2.75) is 26.3 Å². The Labute approximate surface area is 84.5 Å². The zero-order valence-corrected chi connectivity index (χ0v) is 8.58. The lowest BCUT2D eigenvalue weighted by atomic mass is 10.1. The highest BCUT2D eigenvalue weighted by atomic mass is 16.2. The maximum Gasteiger partial charge on any atom is 0.230 e. The van der Waals surface area contributed by atoms with Crippen molar-refractivity contribution in [3.8, 4) is 0 Å². The molecular formula is C11H16N2O. The molecule has 1 atom stereocenters. The summed E-state index contributed by atoms with van der Waals surface area (Å²) >= 11 is 0. The first-order valence-electron chi connectivity index (χ1n) is 4.81. The maximum absolute atomic E-state index is 10.7. The van der Waals surface area contributed by atoms with E-state index in [-0.39, 0.29) is 11.9 Å². The minimum absolute atomic E-state index is 0.0700. The minimum atomic E-state index is -0.0700. The molecule has 14 heavy (non-hydrogen) atoms. The summed E-state index contributed by atoms with van der Waals surface area (Å²) in [7, 11) is 0. The number of nitrogens with one attached hydrogen (secondary N) is 2. The number of carbonyl (C=O) groups excluding carboxylic acids is 1. The summed E-state index contributed by atoms with van der Waals surface area (Å²) in [6, 6.07) is 10.2. The lowest BCUT2D eigenvalue weighted by Crippen LogP contribution is -2.38. The third-order valence-electron chi connectivity index (χ3n) is 2.03. The van der Waals surface area contributed by atoms with Crippen LogP contribution in [-0.4, -0.2) is 5.91 Å². The van der Waals surface area contributed by atoms with Gasteiger partial charge in [-0.15, -0.1) is 0 Å². The van der Waals surface area contributed by atoms with Gasteiger partial charge in [0.05, 0.1) is 6.04 Å². The summed E-state index contributed by atoms with van der Waals surface area (Å²) in [5.41, 5.74) is 6.78. The average Bonchev–Trinajstić information content (AvgIpc) is 2.20. The first-order valence-corrected chi connectivity index (χ1v) is 4.81. The molecule has 1 aromatic rings. The van der Waals surface area contributed by atoms with Crippen molar-refractivity contribution in [3.63, 3.8) is 0 Å². The van der Waals surface area contributed by atoms with Crippen LogP contribution in [-0.2, 0) is 4.79 Å². The Hall–Kier alpha value is -1.35.